The summed E-state index contributed by atoms with van der Waals surface area (Å²) in [6, 6.07) is 0. The van der Waals surface area contributed by atoms with Crippen LogP contribution in [0.3, 0.4) is 0 Å². The van der Waals surface area contributed by atoms with Gasteiger partial charge in [-0.2, -0.15) is 0 Å². The Bertz CT molecular complexity index is 544. The van der Waals surface area contributed by atoms with Crippen molar-refractivity contribution in [2.24, 2.45) is 10.1 Å². The second-order valence-corrected chi connectivity index (χ2v) is 2.61. The van der Waals surface area contributed by atoms with Gasteiger partial charge in [-0.1, -0.05) is 5.16 Å². The average Bonchev–Trinajstić information content (AvgIpc) is 2.44. The van der Waals surface area contributed by atoms with Crippen LogP contribution in [0.25, 0.3) is 5.57 Å². The van der Waals surface area contributed by atoms with Crippen LogP contribution in [0.15, 0.2) is 28.8 Å². The molecule has 3 rings (SSSR count). The van der Waals surface area contributed by atoms with Gasteiger partial charge in [-0.25, -0.2) is 15.0 Å². The van der Waals surface area contributed by atoms with Gasteiger partial charge >= 0.3 is 0 Å². The zero-order chi connectivity index (χ0) is 8.67. The Morgan fingerprint density at radius 1 is 1.23 bits per heavy atom. The van der Waals surface area contributed by atoms with Gasteiger partial charge in [-0.15, -0.1) is 0 Å². The molecular weight excluding hydrogens is 168 g/mol. The van der Waals surface area contributed by atoms with Gasteiger partial charge in [0.25, 0.3) is 0 Å². The van der Waals surface area contributed by atoms with Gasteiger partial charge in [0.2, 0.25) is 5.49 Å². The number of nitrogens with zero attached hydrogens (tertiary/aromatic N) is 4. The Morgan fingerprint density at radius 3 is 3.23 bits per heavy atom. The highest BCUT2D eigenvalue weighted by Gasteiger charge is 2.10. The molecule has 2 aliphatic heterocycles. The Hall–Kier alpha value is -2.04. The van der Waals surface area contributed by atoms with Crippen molar-refractivity contribution in [3.8, 4) is 0 Å². The molecule has 13 heavy (non-hydrogen) atoms. The maximum absolute atomic E-state index is 4.85. The summed E-state index contributed by atoms with van der Waals surface area (Å²) in [6.45, 7) is 0. The normalized spacial score (nSPS) is 16.2. The molecule has 5 nitrogen and oxygen atoms in total. The van der Waals surface area contributed by atoms with Crippen LogP contribution in [0.5, 0.6) is 0 Å². The Kier molecular flexibility index (Phi) is 1.11. The lowest BCUT2D eigenvalue weighted by Crippen LogP contribution is -2.29. The molecule has 0 atom stereocenters. The number of hydrogen-bond acceptors (Lipinski definition) is 5. The monoisotopic (exact) mass is 172 g/mol. The summed E-state index contributed by atoms with van der Waals surface area (Å²) in [6.07, 6.45) is 6.44. The van der Waals surface area contributed by atoms with Gasteiger partial charge in [-0.05, 0) is 6.08 Å². The molecule has 0 N–H and O–H groups in total. The van der Waals surface area contributed by atoms with E-state index in [-0.39, 0.29) is 0 Å². The van der Waals surface area contributed by atoms with E-state index in [0.717, 1.165) is 10.8 Å². The zero-order valence-corrected chi connectivity index (χ0v) is 6.51. The molecule has 0 aromatic carbocycles. The molecule has 0 aliphatic carbocycles. The third-order valence-electron chi connectivity index (χ3n) is 1.87. The molecule has 1 aromatic rings. The van der Waals surface area contributed by atoms with E-state index in [4.69, 9.17) is 4.84 Å². The SMILES string of the molecule is C1=CC2=c3c(ncnc3=NO1)N=C2. The third kappa shape index (κ3) is 0.807. The molecule has 0 unspecified atom stereocenters. The number of allylic oxidation sites excluding steroid dienone is 1. The van der Waals surface area contributed by atoms with Crippen molar-refractivity contribution in [1.82, 2.24) is 9.97 Å². The Balaban J connectivity index is 2.59. The summed E-state index contributed by atoms with van der Waals surface area (Å²) in [5.74, 6) is 0.652. The molecular formula is C8H4N4O. The zero-order valence-electron chi connectivity index (χ0n) is 6.51. The first kappa shape index (κ1) is 6.47. The predicted molar refractivity (Wildman–Crippen MR) is 44.6 cm³/mol. The number of aliphatic imine (C=N–C) groups is 1. The van der Waals surface area contributed by atoms with Crippen molar-refractivity contribution < 1.29 is 4.84 Å². The standard InChI is InChI=1S/C8H4N4O/c1-2-13-12-8-6-5(1)3-9-7(6)10-4-11-8/h1-4H. The largest absolute Gasteiger partial charge is 0.363 e. The van der Waals surface area contributed by atoms with Gasteiger partial charge in [-0.3, -0.25) is 0 Å². The van der Waals surface area contributed by atoms with Crippen LogP contribution in [-0.2, 0) is 4.84 Å². The first-order chi connectivity index (χ1) is 6.45. The van der Waals surface area contributed by atoms with Crippen LogP contribution >= 0.6 is 0 Å². The summed E-state index contributed by atoms with van der Waals surface area (Å²) in [5, 5.41) is 4.64. The Morgan fingerprint density at radius 2 is 2.23 bits per heavy atom. The van der Waals surface area contributed by atoms with Crippen molar-refractivity contribution in [1.29, 1.82) is 0 Å². The summed E-state index contributed by atoms with van der Waals surface area (Å²) in [4.78, 5) is 17.0. The van der Waals surface area contributed by atoms with Crippen LogP contribution in [0.2, 0.25) is 0 Å². The molecule has 0 bridgehead atoms. The van der Waals surface area contributed by atoms with E-state index in [1.807, 2.05) is 0 Å². The lowest BCUT2D eigenvalue weighted by molar-refractivity contribution is 0.251. The van der Waals surface area contributed by atoms with Crippen molar-refractivity contribution in [3.05, 3.63) is 29.4 Å². The maximum atomic E-state index is 4.85. The minimum Gasteiger partial charge on any atom is -0.363 e. The van der Waals surface area contributed by atoms with Crippen molar-refractivity contribution in [2.75, 3.05) is 0 Å². The average molecular weight is 172 g/mol. The number of aromatic nitrogens is 2. The van der Waals surface area contributed by atoms with Crippen LogP contribution in [0.1, 0.15) is 0 Å². The van der Waals surface area contributed by atoms with Crippen LogP contribution < -0.4 is 10.7 Å². The van der Waals surface area contributed by atoms with Crippen molar-refractivity contribution >= 4 is 17.6 Å². The van der Waals surface area contributed by atoms with Gasteiger partial charge in [0.1, 0.15) is 12.6 Å². The number of hydrogen-bond donors (Lipinski definition) is 0. The summed E-state index contributed by atoms with van der Waals surface area (Å²) in [7, 11) is 0. The highest BCUT2D eigenvalue weighted by atomic mass is 16.6. The van der Waals surface area contributed by atoms with Crippen molar-refractivity contribution in [3.63, 3.8) is 0 Å². The molecule has 2 aliphatic rings. The second kappa shape index (κ2) is 2.22. The molecule has 3 heterocycles. The molecule has 5 heteroatoms. The summed E-state index contributed by atoms with van der Waals surface area (Å²) >= 11 is 0. The third-order valence-corrected chi connectivity index (χ3v) is 1.87. The molecule has 0 saturated carbocycles. The Labute approximate surface area is 72.8 Å². The first-order valence-corrected chi connectivity index (χ1v) is 3.75. The molecule has 0 radical (unpaired) electrons. The lowest BCUT2D eigenvalue weighted by Gasteiger charge is -1.88. The van der Waals surface area contributed by atoms with Crippen LogP contribution in [0, 0.1) is 0 Å². The topological polar surface area (TPSA) is 59.7 Å². The van der Waals surface area contributed by atoms with E-state index in [0.29, 0.717) is 11.3 Å². The first-order valence-electron chi connectivity index (χ1n) is 3.75. The molecule has 1 aromatic heterocycles. The molecule has 0 fully saturated rings. The highest BCUT2D eigenvalue weighted by Crippen LogP contribution is 2.07. The van der Waals surface area contributed by atoms with E-state index in [9.17, 15) is 0 Å². The van der Waals surface area contributed by atoms with E-state index in [1.165, 1.54) is 12.6 Å². The van der Waals surface area contributed by atoms with E-state index >= 15 is 0 Å². The van der Waals surface area contributed by atoms with Crippen LogP contribution in [-0.4, -0.2) is 16.2 Å². The minimum absolute atomic E-state index is 0.530. The smallest absolute Gasteiger partial charge is 0.205 e. The van der Waals surface area contributed by atoms with Gasteiger partial charge in [0.15, 0.2) is 5.82 Å². The van der Waals surface area contributed by atoms with Gasteiger partial charge < -0.3 is 4.84 Å². The predicted octanol–water partition coefficient (Wildman–Crippen LogP) is -0.578. The summed E-state index contributed by atoms with van der Waals surface area (Å²) in [5.41, 5.74) is 1.47. The van der Waals surface area contributed by atoms with Gasteiger partial charge in [0.05, 0.1) is 5.22 Å². The fourth-order valence-corrected chi connectivity index (χ4v) is 1.30. The minimum atomic E-state index is 0.530. The van der Waals surface area contributed by atoms with E-state index < -0.39 is 0 Å². The summed E-state index contributed by atoms with van der Waals surface area (Å²) < 4.78 is 0. The maximum Gasteiger partial charge on any atom is 0.205 e. The highest BCUT2D eigenvalue weighted by molar-refractivity contribution is 6.10. The van der Waals surface area contributed by atoms with E-state index in [1.54, 1.807) is 12.3 Å². The molecule has 0 spiro atoms. The van der Waals surface area contributed by atoms with Crippen LogP contribution in [0.4, 0.5) is 5.82 Å². The fraction of sp³-hybridized carbons (Fsp3) is 0. The second-order valence-electron chi connectivity index (χ2n) is 2.61. The molecule has 62 valence electrons. The van der Waals surface area contributed by atoms with E-state index in [2.05, 4.69) is 20.1 Å². The molecule has 0 amide bonds. The quantitative estimate of drug-likeness (QED) is 0.526. The lowest BCUT2D eigenvalue weighted by atomic mass is 10.2. The van der Waals surface area contributed by atoms with Crippen molar-refractivity contribution in [2.45, 2.75) is 0 Å². The van der Waals surface area contributed by atoms with Gasteiger partial charge in [0, 0.05) is 11.8 Å². The molecule has 0 saturated heterocycles. The number of rotatable bonds is 0. The fourth-order valence-electron chi connectivity index (χ4n) is 1.30.